The second-order valence-electron chi connectivity index (χ2n) is 4.59. The predicted molar refractivity (Wildman–Crippen MR) is 93.2 cm³/mol. The van der Waals surface area contributed by atoms with Gasteiger partial charge in [-0.1, -0.05) is 11.6 Å². The molecule has 0 aliphatic carbocycles. The van der Waals surface area contributed by atoms with Gasteiger partial charge in [-0.15, -0.1) is 0 Å². The third kappa shape index (κ3) is 3.57. The molecule has 128 valence electrons. The van der Waals surface area contributed by atoms with Gasteiger partial charge in [-0.05, 0) is 40.2 Å². The van der Waals surface area contributed by atoms with Crippen LogP contribution in [0.1, 0.15) is 10.4 Å². The largest absolute Gasteiger partial charge is 0.493 e. The molecule has 0 fully saturated rings. The van der Waals surface area contributed by atoms with Crippen LogP contribution >= 0.6 is 27.5 Å². The van der Waals surface area contributed by atoms with Crippen molar-refractivity contribution in [2.45, 2.75) is 0 Å². The Morgan fingerprint density at radius 2 is 1.79 bits per heavy atom. The third-order valence-electron chi connectivity index (χ3n) is 3.19. The summed E-state index contributed by atoms with van der Waals surface area (Å²) in [5.74, 6) is -0.0142. The summed E-state index contributed by atoms with van der Waals surface area (Å²) in [4.78, 5) is 12.5. The molecule has 2 rings (SSSR count). The molecule has 0 atom stereocenters. The smallest absolute Gasteiger partial charge is 0.257 e. The molecule has 5 nitrogen and oxygen atoms in total. The van der Waals surface area contributed by atoms with Crippen molar-refractivity contribution in [2.24, 2.45) is 0 Å². The van der Waals surface area contributed by atoms with Gasteiger partial charge in [0.05, 0.1) is 36.4 Å². The number of rotatable bonds is 5. The maximum Gasteiger partial charge on any atom is 0.257 e. The summed E-state index contributed by atoms with van der Waals surface area (Å²) in [5, 5.41) is 2.55. The van der Waals surface area contributed by atoms with Gasteiger partial charge in [0.2, 0.25) is 5.75 Å². The fourth-order valence-corrected chi connectivity index (χ4v) is 2.88. The average molecular weight is 419 g/mol. The second kappa shape index (κ2) is 7.72. The lowest BCUT2D eigenvalue weighted by atomic mass is 10.1. The van der Waals surface area contributed by atoms with Crippen molar-refractivity contribution in [3.05, 3.63) is 45.1 Å². The van der Waals surface area contributed by atoms with Crippen molar-refractivity contribution < 1.29 is 23.4 Å². The summed E-state index contributed by atoms with van der Waals surface area (Å²) >= 11 is 9.05. The maximum atomic E-state index is 13.2. The molecular formula is C16H14BrClFNO4. The Bertz CT molecular complexity index is 785. The van der Waals surface area contributed by atoms with Crippen molar-refractivity contribution in [1.29, 1.82) is 0 Å². The normalized spacial score (nSPS) is 10.2. The Labute approximate surface area is 151 Å². The molecule has 2 aromatic carbocycles. The number of carbonyl (C=O) groups excluding carboxylic acids is 1. The first kappa shape index (κ1) is 18.4. The molecule has 0 spiro atoms. The monoisotopic (exact) mass is 417 g/mol. The number of ether oxygens (including phenoxy) is 3. The number of benzene rings is 2. The van der Waals surface area contributed by atoms with E-state index in [-0.39, 0.29) is 10.6 Å². The van der Waals surface area contributed by atoms with Crippen molar-refractivity contribution in [1.82, 2.24) is 0 Å². The molecule has 1 amide bonds. The topological polar surface area (TPSA) is 56.8 Å². The Balaban J connectivity index is 2.43. The molecule has 0 unspecified atom stereocenters. The van der Waals surface area contributed by atoms with Gasteiger partial charge in [0.15, 0.2) is 11.5 Å². The van der Waals surface area contributed by atoms with Crippen LogP contribution in [0.25, 0.3) is 0 Å². The zero-order chi connectivity index (χ0) is 17.9. The highest BCUT2D eigenvalue weighted by Gasteiger charge is 2.23. The van der Waals surface area contributed by atoms with E-state index in [1.54, 1.807) is 0 Å². The quantitative estimate of drug-likeness (QED) is 0.776. The van der Waals surface area contributed by atoms with Gasteiger partial charge in [-0.2, -0.15) is 0 Å². The van der Waals surface area contributed by atoms with Crippen molar-refractivity contribution >= 4 is 39.1 Å². The molecule has 0 heterocycles. The van der Waals surface area contributed by atoms with E-state index in [4.69, 9.17) is 25.8 Å². The molecule has 0 bridgehead atoms. The summed E-state index contributed by atoms with van der Waals surface area (Å²) in [6.07, 6.45) is 0. The first-order valence-electron chi connectivity index (χ1n) is 6.67. The molecule has 0 aliphatic heterocycles. The summed E-state index contributed by atoms with van der Waals surface area (Å²) in [6, 6.07) is 5.40. The highest BCUT2D eigenvalue weighted by molar-refractivity contribution is 9.10. The first-order chi connectivity index (χ1) is 11.4. The second-order valence-corrected chi connectivity index (χ2v) is 5.79. The number of halogens is 3. The van der Waals surface area contributed by atoms with Gasteiger partial charge in [0.25, 0.3) is 5.91 Å². The fourth-order valence-electron chi connectivity index (χ4n) is 2.06. The van der Waals surface area contributed by atoms with Gasteiger partial charge >= 0.3 is 0 Å². The van der Waals surface area contributed by atoms with E-state index < -0.39 is 11.7 Å². The number of nitrogens with one attached hydrogen (secondary N) is 1. The minimum atomic E-state index is -0.566. The summed E-state index contributed by atoms with van der Waals surface area (Å²) in [5.41, 5.74) is 0.608. The highest BCUT2D eigenvalue weighted by Crippen LogP contribution is 2.44. The number of methoxy groups -OCH3 is 3. The zero-order valence-electron chi connectivity index (χ0n) is 13.1. The van der Waals surface area contributed by atoms with Gasteiger partial charge in [-0.3, -0.25) is 4.79 Å². The Morgan fingerprint density at radius 1 is 1.12 bits per heavy atom. The van der Waals surface area contributed by atoms with E-state index in [2.05, 4.69) is 21.2 Å². The maximum absolute atomic E-state index is 13.2. The van der Waals surface area contributed by atoms with Crippen molar-refractivity contribution in [3.63, 3.8) is 0 Å². The van der Waals surface area contributed by atoms with E-state index in [0.717, 1.165) is 0 Å². The van der Waals surface area contributed by atoms with E-state index in [9.17, 15) is 9.18 Å². The first-order valence-corrected chi connectivity index (χ1v) is 7.84. The van der Waals surface area contributed by atoms with Crippen LogP contribution in [0.5, 0.6) is 17.2 Å². The van der Waals surface area contributed by atoms with Gasteiger partial charge in [-0.25, -0.2) is 4.39 Å². The molecule has 0 aliphatic rings. The van der Waals surface area contributed by atoms with Crippen molar-refractivity contribution in [3.8, 4) is 17.2 Å². The lowest BCUT2D eigenvalue weighted by Crippen LogP contribution is -2.14. The standard InChI is InChI=1S/C16H14BrClFNO4/c1-22-12-7-9(13(17)15(24-3)14(12)23-2)16(21)20-8-4-5-11(19)10(18)6-8/h4-7H,1-3H3,(H,20,21). The molecule has 24 heavy (non-hydrogen) atoms. The summed E-state index contributed by atoms with van der Waals surface area (Å²) in [6.45, 7) is 0. The minimum Gasteiger partial charge on any atom is -0.493 e. The molecule has 0 saturated heterocycles. The molecule has 0 radical (unpaired) electrons. The number of hydrogen-bond acceptors (Lipinski definition) is 4. The number of hydrogen-bond donors (Lipinski definition) is 1. The van der Waals surface area contributed by atoms with Gasteiger partial charge < -0.3 is 19.5 Å². The van der Waals surface area contributed by atoms with Crippen LogP contribution in [0.2, 0.25) is 5.02 Å². The Hall–Kier alpha value is -1.99. The minimum absolute atomic E-state index is 0.0863. The number of carbonyl (C=O) groups is 1. The third-order valence-corrected chi connectivity index (χ3v) is 4.27. The van der Waals surface area contributed by atoms with Crippen LogP contribution in [-0.2, 0) is 0 Å². The lowest BCUT2D eigenvalue weighted by Gasteiger charge is -2.16. The molecule has 0 saturated carbocycles. The number of amides is 1. The molecule has 1 N–H and O–H groups in total. The highest BCUT2D eigenvalue weighted by atomic mass is 79.9. The van der Waals surface area contributed by atoms with Gasteiger partial charge in [0.1, 0.15) is 5.82 Å². The van der Waals surface area contributed by atoms with Crippen molar-refractivity contribution in [2.75, 3.05) is 26.6 Å². The Morgan fingerprint density at radius 3 is 2.33 bits per heavy atom. The number of anilines is 1. The van der Waals surface area contributed by atoms with E-state index in [0.29, 0.717) is 27.4 Å². The SMILES string of the molecule is COc1cc(C(=O)Nc2ccc(F)c(Cl)c2)c(Br)c(OC)c1OC. The average Bonchev–Trinajstić information content (AvgIpc) is 2.57. The van der Waals surface area contributed by atoms with Crippen LogP contribution < -0.4 is 19.5 Å². The van der Waals surface area contributed by atoms with Gasteiger partial charge in [0, 0.05) is 5.69 Å². The predicted octanol–water partition coefficient (Wildman–Crippen LogP) is 4.52. The fraction of sp³-hybridized carbons (Fsp3) is 0.188. The van der Waals surface area contributed by atoms with Crippen LogP contribution in [0.15, 0.2) is 28.7 Å². The van der Waals surface area contributed by atoms with Crippen LogP contribution in [0.3, 0.4) is 0 Å². The summed E-state index contributed by atoms with van der Waals surface area (Å²) < 4.78 is 29.4. The molecule has 0 aromatic heterocycles. The molecule has 8 heteroatoms. The zero-order valence-corrected chi connectivity index (χ0v) is 15.4. The Kier molecular flexibility index (Phi) is 5.90. The van der Waals surface area contributed by atoms with E-state index in [1.165, 1.54) is 45.6 Å². The molecular weight excluding hydrogens is 405 g/mol. The summed E-state index contributed by atoms with van der Waals surface area (Å²) in [7, 11) is 4.36. The van der Waals surface area contributed by atoms with E-state index >= 15 is 0 Å². The van der Waals surface area contributed by atoms with E-state index in [1.807, 2.05) is 0 Å². The molecule has 2 aromatic rings. The van der Waals surface area contributed by atoms with Crippen LogP contribution in [0.4, 0.5) is 10.1 Å². The lowest BCUT2D eigenvalue weighted by molar-refractivity contribution is 0.102. The van der Waals surface area contributed by atoms with Crippen LogP contribution in [0, 0.1) is 5.82 Å². The van der Waals surface area contributed by atoms with Crippen LogP contribution in [-0.4, -0.2) is 27.2 Å².